The Kier molecular flexibility index (Phi) is 7.80. The summed E-state index contributed by atoms with van der Waals surface area (Å²) in [5, 5.41) is 7.04. The lowest BCUT2D eigenvalue weighted by Gasteiger charge is -2.12. The second-order valence-electron chi connectivity index (χ2n) is 16.0. The Balaban J connectivity index is 1.04. The molecule has 0 saturated heterocycles. The summed E-state index contributed by atoms with van der Waals surface area (Å²) >= 11 is 0. The maximum absolute atomic E-state index is 5.26. The van der Waals surface area contributed by atoms with Crippen LogP contribution < -0.4 is 0 Å². The first-order valence-electron chi connectivity index (χ1n) is 21.3. The summed E-state index contributed by atoms with van der Waals surface area (Å²) < 4.78 is 7.03. The molecular weight excluding hydrogens is 769 g/mol. The molecule has 0 radical (unpaired) electrons. The number of rotatable bonds is 6. The Morgan fingerprint density at radius 3 is 1.43 bits per heavy atom. The highest BCUT2D eigenvalue weighted by Crippen LogP contribution is 2.43. The van der Waals surface area contributed by atoms with Crippen molar-refractivity contribution in [3.63, 3.8) is 0 Å². The number of hydrogen-bond acceptors (Lipinski definition) is 3. The van der Waals surface area contributed by atoms with Crippen molar-refractivity contribution in [3.05, 3.63) is 218 Å². The molecule has 0 N–H and O–H groups in total. The van der Waals surface area contributed by atoms with E-state index in [0.29, 0.717) is 17.6 Å². The molecule has 4 heterocycles. The van der Waals surface area contributed by atoms with Gasteiger partial charge in [0.1, 0.15) is 0 Å². The fourth-order valence-electron chi connectivity index (χ4n) is 9.72. The van der Waals surface area contributed by atoms with Crippen molar-refractivity contribution in [1.82, 2.24) is 28.7 Å². The monoisotopic (exact) mass is 804 g/mol. The Hall–Kier alpha value is -8.61. The molecule has 0 aliphatic rings. The van der Waals surface area contributed by atoms with Crippen molar-refractivity contribution in [3.8, 4) is 51.2 Å². The van der Waals surface area contributed by atoms with Crippen molar-refractivity contribution in [2.24, 2.45) is 0 Å². The average molecular weight is 805 g/mol. The van der Waals surface area contributed by atoms with Crippen LogP contribution in [-0.4, -0.2) is 28.7 Å². The van der Waals surface area contributed by atoms with E-state index in [4.69, 9.17) is 15.0 Å². The molecule has 63 heavy (non-hydrogen) atoms. The molecule has 0 aliphatic carbocycles. The Bertz CT molecular complexity index is 3840. The van der Waals surface area contributed by atoms with Gasteiger partial charge in [0.25, 0.3) is 0 Å². The minimum Gasteiger partial charge on any atom is -0.309 e. The highest BCUT2D eigenvalue weighted by atomic mass is 15.2. The van der Waals surface area contributed by atoms with Crippen LogP contribution in [-0.2, 0) is 0 Å². The highest BCUT2D eigenvalue weighted by Gasteiger charge is 2.23. The Morgan fingerprint density at radius 1 is 0.270 bits per heavy atom. The Labute approximate surface area is 362 Å². The van der Waals surface area contributed by atoms with Crippen LogP contribution >= 0.6 is 0 Å². The standard InChI is InChI=1S/C57H36N6/c1-4-17-37(18-5-1)55-58-56(38-19-6-2-7-20-38)60-57(59-55)63-49-29-14-10-25-43(49)45-32-34-52-53(54(45)63)46-27-12-15-30-50(46)62(52)42-24-16-21-39(35-42)40-31-33-51-47(36-40)44-26-11-13-28-48(44)61(51)41-22-8-3-9-23-41/h1-36H. The van der Waals surface area contributed by atoms with Gasteiger partial charge in [-0.15, -0.1) is 0 Å². The van der Waals surface area contributed by atoms with E-state index in [-0.39, 0.29) is 0 Å². The summed E-state index contributed by atoms with van der Waals surface area (Å²) in [6.07, 6.45) is 0. The average Bonchev–Trinajstić information content (AvgIpc) is 4.00. The molecule has 0 atom stereocenters. The molecule has 6 nitrogen and oxygen atoms in total. The molecule has 0 saturated carbocycles. The van der Waals surface area contributed by atoms with Crippen LogP contribution in [0, 0.1) is 0 Å². The topological polar surface area (TPSA) is 53.5 Å². The van der Waals surface area contributed by atoms with Crippen molar-refractivity contribution in [2.75, 3.05) is 0 Å². The second-order valence-corrected chi connectivity index (χ2v) is 16.0. The number of aromatic nitrogens is 6. The zero-order chi connectivity index (χ0) is 41.4. The number of hydrogen-bond donors (Lipinski definition) is 0. The van der Waals surface area contributed by atoms with Crippen LogP contribution in [0.25, 0.3) is 117 Å². The second kappa shape index (κ2) is 14.0. The van der Waals surface area contributed by atoms with E-state index in [1.807, 2.05) is 36.4 Å². The number of benzene rings is 9. The molecule has 6 heteroatoms. The van der Waals surface area contributed by atoms with Gasteiger partial charge in [0.05, 0.1) is 33.1 Å². The third-order valence-electron chi connectivity index (χ3n) is 12.5. The molecule has 13 aromatic rings. The van der Waals surface area contributed by atoms with E-state index in [0.717, 1.165) is 71.7 Å². The smallest absolute Gasteiger partial charge is 0.238 e. The molecule has 294 valence electrons. The summed E-state index contributed by atoms with van der Waals surface area (Å²) in [4.78, 5) is 15.6. The fraction of sp³-hybridized carbons (Fsp3) is 0. The van der Waals surface area contributed by atoms with Gasteiger partial charge in [0.2, 0.25) is 5.95 Å². The van der Waals surface area contributed by atoms with Gasteiger partial charge in [-0.05, 0) is 71.8 Å². The van der Waals surface area contributed by atoms with E-state index < -0.39 is 0 Å². The van der Waals surface area contributed by atoms with Gasteiger partial charge >= 0.3 is 0 Å². The minimum absolute atomic E-state index is 0.573. The summed E-state index contributed by atoms with van der Waals surface area (Å²) in [5.41, 5.74) is 13.1. The minimum atomic E-state index is 0.573. The lowest BCUT2D eigenvalue weighted by atomic mass is 10.0. The lowest BCUT2D eigenvalue weighted by molar-refractivity contribution is 0.955. The van der Waals surface area contributed by atoms with Gasteiger partial charge in [0, 0.05) is 54.8 Å². The SMILES string of the molecule is c1ccc(-c2nc(-c3ccccc3)nc(-n3c4ccccc4c4ccc5c(c6ccccc6n5-c5cccc(-c6ccc7c(c6)c6ccccc6n7-c6ccccc6)c5)c43)n2)cc1. The first kappa shape index (κ1) is 35.2. The maximum Gasteiger partial charge on any atom is 0.238 e. The molecule has 0 fully saturated rings. The Morgan fingerprint density at radius 2 is 0.746 bits per heavy atom. The van der Waals surface area contributed by atoms with Crippen LogP contribution in [0.5, 0.6) is 0 Å². The van der Waals surface area contributed by atoms with Gasteiger partial charge in [-0.25, -0.2) is 4.98 Å². The molecule has 4 aromatic heterocycles. The normalized spacial score (nSPS) is 11.8. The van der Waals surface area contributed by atoms with Gasteiger partial charge in [-0.2, -0.15) is 9.97 Å². The van der Waals surface area contributed by atoms with E-state index >= 15 is 0 Å². The van der Waals surface area contributed by atoms with Gasteiger partial charge in [0.15, 0.2) is 11.6 Å². The molecule has 0 unspecified atom stereocenters. The summed E-state index contributed by atoms with van der Waals surface area (Å²) in [6.45, 7) is 0. The first-order valence-corrected chi connectivity index (χ1v) is 21.3. The number of fused-ring (bicyclic) bond motifs is 10. The molecule has 0 aliphatic heterocycles. The zero-order valence-electron chi connectivity index (χ0n) is 34.0. The van der Waals surface area contributed by atoms with Gasteiger partial charge in [-0.3, -0.25) is 4.57 Å². The molecule has 0 bridgehead atoms. The van der Waals surface area contributed by atoms with E-state index in [1.54, 1.807) is 0 Å². The van der Waals surface area contributed by atoms with Gasteiger partial charge in [-0.1, -0.05) is 158 Å². The van der Waals surface area contributed by atoms with Crippen LogP contribution in [0.1, 0.15) is 0 Å². The summed E-state index contributed by atoms with van der Waals surface area (Å²) in [6, 6.07) is 77.4. The lowest BCUT2D eigenvalue weighted by Crippen LogP contribution is -2.06. The highest BCUT2D eigenvalue weighted by molar-refractivity contribution is 6.26. The van der Waals surface area contributed by atoms with E-state index in [1.165, 1.54) is 27.4 Å². The van der Waals surface area contributed by atoms with Crippen LogP contribution in [0.3, 0.4) is 0 Å². The first-order chi connectivity index (χ1) is 31.3. The van der Waals surface area contributed by atoms with Crippen LogP contribution in [0.15, 0.2) is 218 Å². The van der Waals surface area contributed by atoms with E-state index in [2.05, 4.69) is 196 Å². The fourth-order valence-corrected chi connectivity index (χ4v) is 9.72. The predicted molar refractivity (Wildman–Crippen MR) is 259 cm³/mol. The number of para-hydroxylation sites is 4. The van der Waals surface area contributed by atoms with Crippen LogP contribution in [0.2, 0.25) is 0 Å². The summed E-state index contributed by atoms with van der Waals surface area (Å²) in [5.74, 6) is 1.82. The van der Waals surface area contributed by atoms with Crippen molar-refractivity contribution < 1.29 is 0 Å². The molecule has 0 amide bonds. The van der Waals surface area contributed by atoms with Crippen molar-refractivity contribution in [2.45, 2.75) is 0 Å². The molecular formula is C57H36N6. The van der Waals surface area contributed by atoms with Gasteiger partial charge < -0.3 is 9.13 Å². The predicted octanol–water partition coefficient (Wildman–Crippen LogP) is 14.2. The van der Waals surface area contributed by atoms with Crippen molar-refractivity contribution in [1.29, 1.82) is 0 Å². The zero-order valence-corrected chi connectivity index (χ0v) is 34.0. The number of nitrogens with zero attached hydrogens (tertiary/aromatic N) is 6. The van der Waals surface area contributed by atoms with E-state index in [9.17, 15) is 0 Å². The quantitative estimate of drug-likeness (QED) is 0.168. The molecule has 0 spiro atoms. The van der Waals surface area contributed by atoms with Crippen LogP contribution in [0.4, 0.5) is 0 Å². The maximum atomic E-state index is 5.26. The molecule has 13 rings (SSSR count). The third kappa shape index (κ3) is 5.48. The summed E-state index contributed by atoms with van der Waals surface area (Å²) in [7, 11) is 0. The molecule has 9 aromatic carbocycles. The third-order valence-corrected chi connectivity index (χ3v) is 12.5. The van der Waals surface area contributed by atoms with Crippen molar-refractivity contribution >= 4 is 65.4 Å². The largest absolute Gasteiger partial charge is 0.309 e.